The van der Waals surface area contributed by atoms with Gasteiger partial charge in [0, 0.05) is 36.3 Å². The lowest BCUT2D eigenvalue weighted by atomic mass is 10.1. The van der Waals surface area contributed by atoms with E-state index in [2.05, 4.69) is 15.0 Å². The molecule has 7 heteroatoms. The van der Waals surface area contributed by atoms with Crippen molar-refractivity contribution in [3.8, 4) is 17.1 Å². The first kappa shape index (κ1) is 16.6. The Morgan fingerprint density at radius 2 is 1.80 bits per heavy atom. The van der Waals surface area contributed by atoms with Crippen LogP contribution in [-0.2, 0) is 7.05 Å². The zero-order valence-electron chi connectivity index (χ0n) is 13.3. The third-order valence-corrected chi connectivity index (χ3v) is 3.56. The van der Waals surface area contributed by atoms with Crippen LogP contribution in [-0.4, -0.2) is 22.1 Å². The number of benzene rings is 2. The van der Waals surface area contributed by atoms with Crippen LogP contribution in [0.5, 0.6) is 5.75 Å². The Balaban J connectivity index is 1.67. The number of anilines is 1. The Morgan fingerprint density at radius 3 is 2.36 bits per heavy atom. The second-order valence-electron chi connectivity index (χ2n) is 5.30. The summed E-state index contributed by atoms with van der Waals surface area (Å²) in [6, 6.07) is 12.8. The number of aromatic nitrogens is 2. The van der Waals surface area contributed by atoms with E-state index in [4.69, 9.17) is 0 Å². The van der Waals surface area contributed by atoms with Crippen molar-refractivity contribution in [3.63, 3.8) is 0 Å². The lowest BCUT2D eigenvalue weighted by molar-refractivity contribution is -0.0498. The van der Waals surface area contributed by atoms with Gasteiger partial charge in [0.1, 0.15) is 11.6 Å². The summed E-state index contributed by atoms with van der Waals surface area (Å²) in [5.74, 6) is 0.492. The van der Waals surface area contributed by atoms with Crippen molar-refractivity contribution in [2.45, 2.75) is 6.61 Å². The zero-order valence-corrected chi connectivity index (χ0v) is 13.3. The summed E-state index contributed by atoms with van der Waals surface area (Å²) >= 11 is 0. The van der Waals surface area contributed by atoms with Crippen LogP contribution in [0.15, 0.2) is 60.9 Å². The van der Waals surface area contributed by atoms with Gasteiger partial charge >= 0.3 is 6.61 Å². The van der Waals surface area contributed by atoms with Gasteiger partial charge in [-0.25, -0.2) is 4.98 Å². The molecule has 0 aliphatic carbocycles. The molecule has 1 aromatic heterocycles. The van der Waals surface area contributed by atoms with Gasteiger partial charge in [0.25, 0.3) is 5.91 Å². The minimum atomic E-state index is -2.89. The van der Waals surface area contributed by atoms with Gasteiger partial charge in [0.15, 0.2) is 0 Å². The largest absolute Gasteiger partial charge is 0.435 e. The third-order valence-electron chi connectivity index (χ3n) is 3.56. The third kappa shape index (κ3) is 4.00. The standard InChI is InChI=1S/C18H15F2N3O2/c1-23-11-10-21-16(23)12-2-6-14(7-3-12)22-17(24)13-4-8-15(9-5-13)25-18(19)20/h2-11,18H,1H3,(H,22,24). The van der Waals surface area contributed by atoms with Crippen molar-refractivity contribution in [1.29, 1.82) is 0 Å². The van der Waals surface area contributed by atoms with E-state index in [0.29, 0.717) is 11.3 Å². The molecule has 0 bridgehead atoms. The van der Waals surface area contributed by atoms with Crippen LogP contribution in [0.25, 0.3) is 11.4 Å². The molecule has 128 valence electrons. The minimum absolute atomic E-state index is 0.00553. The van der Waals surface area contributed by atoms with E-state index < -0.39 is 6.61 Å². The highest BCUT2D eigenvalue weighted by Gasteiger charge is 2.09. The number of carbonyl (C=O) groups is 1. The maximum absolute atomic E-state index is 12.2. The molecular weight excluding hydrogens is 328 g/mol. The van der Waals surface area contributed by atoms with Crippen LogP contribution < -0.4 is 10.1 Å². The average molecular weight is 343 g/mol. The van der Waals surface area contributed by atoms with Crippen LogP contribution in [0.3, 0.4) is 0 Å². The summed E-state index contributed by atoms with van der Waals surface area (Å²) < 4.78 is 30.4. The Labute approximate surface area is 142 Å². The van der Waals surface area contributed by atoms with Gasteiger partial charge < -0.3 is 14.6 Å². The molecule has 0 saturated heterocycles. The topological polar surface area (TPSA) is 56.2 Å². The molecule has 1 amide bonds. The highest BCUT2D eigenvalue weighted by Crippen LogP contribution is 2.20. The van der Waals surface area contributed by atoms with E-state index in [1.54, 1.807) is 18.3 Å². The van der Waals surface area contributed by atoms with Crippen LogP contribution in [0.1, 0.15) is 10.4 Å². The van der Waals surface area contributed by atoms with Crippen LogP contribution in [0.2, 0.25) is 0 Å². The molecule has 0 aliphatic rings. The number of amides is 1. The Kier molecular flexibility index (Phi) is 4.74. The Hall–Kier alpha value is -3.22. The summed E-state index contributed by atoms with van der Waals surface area (Å²) in [4.78, 5) is 16.5. The van der Waals surface area contributed by atoms with Crippen molar-refractivity contribution in [2.75, 3.05) is 5.32 Å². The molecule has 0 unspecified atom stereocenters. The highest BCUT2D eigenvalue weighted by atomic mass is 19.3. The molecule has 3 rings (SSSR count). The molecular formula is C18H15F2N3O2. The molecule has 0 radical (unpaired) electrons. The van der Waals surface area contributed by atoms with E-state index in [0.717, 1.165) is 11.4 Å². The first-order valence-corrected chi connectivity index (χ1v) is 7.47. The van der Waals surface area contributed by atoms with E-state index in [1.807, 2.05) is 29.9 Å². The number of ether oxygens (including phenoxy) is 1. The fourth-order valence-electron chi connectivity index (χ4n) is 2.34. The summed E-state index contributed by atoms with van der Waals surface area (Å²) in [6.07, 6.45) is 3.57. The summed E-state index contributed by atoms with van der Waals surface area (Å²) in [5.41, 5.74) is 1.89. The number of nitrogens with one attached hydrogen (secondary N) is 1. The molecule has 25 heavy (non-hydrogen) atoms. The monoisotopic (exact) mass is 343 g/mol. The number of carbonyl (C=O) groups excluding carboxylic acids is 1. The van der Waals surface area contributed by atoms with Gasteiger partial charge in [-0.1, -0.05) is 0 Å². The molecule has 2 aromatic carbocycles. The summed E-state index contributed by atoms with van der Waals surface area (Å²) in [6.45, 7) is -2.89. The highest BCUT2D eigenvalue weighted by molar-refractivity contribution is 6.04. The smallest absolute Gasteiger partial charge is 0.387 e. The number of aryl methyl sites for hydroxylation is 1. The maximum atomic E-state index is 12.2. The fourth-order valence-corrected chi connectivity index (χ4v) is 2.34. The van der Waals surface area contributed by atoms with Crippen molar-refractivity contribution in [3.05, 3.63) is 66.5 Å². The van der Waals surface area contributed by atoms with E-state index >= 15 is 0 Å². The molecule has 0 saturated carbocycles. The Morgan fingerprint density at radius 1 is 1.12 bits per heavy atom. The normalized spacial score (nSPS) is 10.7. The number of halogens is 2. The SMILES string of the molecule is Cn1ccnc1-c1ccc(NC(=O)c2ccc(OC(F)F)cc2)cc1. The molecule has 5 nitrogen and oxygen atoms in total. The molecule has 0 aliphatic heterocycles. The van der Waals surface area contributed by atoms with Crippen LogP contribution in [0, 0.1) is 0 Å². The number of imidazole rings is 1. The summed E-state index contributed by atoms with van der Waals surface area (Å²) in [5, 5.41) is 2.75. The fraction of sp³-hybridized carbons (Fsp3) is 0.111. The average Bonchev–Trinajstić information content (AvgIpc) is 3.02. The second-order valence-corrected chi connectivity index (χ2v) is 5.30. The van der Waals surface area contributed by atoms with Crippen LogP contribution >= 0.6 is 0 Å². The molecule has 1 heterocycles. The molecule has 0 atom stereocenters. The molecule has 0 fully saturated rings. The lowest BCUT2D eigenvalue weighted by Crippen LogP contribution is -2.12. The van der Waals surface area contributed by atoms with Crippen molar-refractivity contribution in [1.82, 2.24) is 9.55 Å². The van der Waals surface area contributed by atoms with Crippen LogP contribution in [0.4, 0.5) is 14.5 Å². The van der Waals surface area contributed by atoms with Crippen molar-refractivity contribution < 1.29 is 18.3 Å². The molecule has 1 N–H and O–H groups in total. The molecule has 0 spiro atoms. The zero-order chi connectivity index (χ0) is 17.8. The maximum Gasteiger partial charge on any atom is 0.387 e. The van der Waals surface area contributed by atoms with Gasteiger partial charge in [-0.05, 0) is 48.5 Å². The van der Waals surface area contributed by atoms with E-state index in [9.17, 15) is 13.6 Å². The first-order chi connectivity index (χ1) is 12.0. The summed E-state index contributed by atoms with van der Waals surface area (Å²) in [7, 11) is 1.90. The Bertz CT molecular complexity index is 859. The number of rotatable bonds is 5. The van der Waals surface area contributed by atoms with Gasteiger partial charge in [0.2, 0.25) is 0 Å². The van der Waals surface area contributed by atoms with Gasteiger partial charge in [-0.2, -0.15) is 8.78 Å². The number of alkyl halides is 2. The van der Waals surface area contributed by atoms with Gasteiger partial charge in [-0.15, -0.1) is 0 Å². The van der Waals surface area contributed by atoms with E-state index in [-0.39, 0.29) is 11.7 Å². The minimum Gasteiger partial charge on any atom is -0.435 e. The predicted octanol–water partition coefficient (Wildman–Crippen LogP) is 3.94. The molecule has 3 aromatic rings. The second kappa shape index (κ2) is 7.12. The van der Waals surface area contributed by atoms with Gasteiger partial charge in [-0.3, -0.25) is 4.79 Å². The first-order valence-electron chi connectivity index (χ1n) is 7.47. The van der Waals surface area contributed by atoms with E-state index in [1.165, 1.54) is 24.3 Å². The quantitative estimate of drug-likeness (QED) is 0.763. The van der Waals surface area contributed by atoms with Crippen molar-refractivity contribution >= 4 is 11.6 Å². The van der Waals surface area contributed by atoms with Crippen molar-refractivity contribution in [2.24, 2.45) is 7.05 Å². The van der Waals surface area contributed by atoms with Gasteiger partial charge in [0.05, 0.1) is 0 Å². The number of hydrogen-bond acceptors (Lipinski definition) is 3. The number of nitrogens with zero attached hydrogens (tertiary/aromatic N) is 2. The predicted molar refractivity (Wildman–Crippen MR) is 89.7 cm³/mol. The number of hydrogen-bond donors (Lipinski definition) is 1. The lowest BCUT2D eigenvalue weighted by Gasteiger charge is -2.08.